The molecule has 1 unspecified atom stereocenters. The topological polar surface area (TPSA) is 12.0 Å². The maximum Gasteiger partial charge on any atom is 0.0406 e. The second kappa shape index (κ2) is 4.12. The third-order valence-corrected chi connectivity index (χ3v) is 4.42. The van der Waals surface area contributed by atoms with Gasteiger partial charge in [-0.05, 0) is 36.8 Å². The summed E-state index contributed by atoms with van der Waals surface area (Å²) in [5.41, 5.74) is 4.43. The van der Waals surface area contributed by atoms with E-state index in [4.69, 9.17) is 0 Å². The zero-order valence-corrected chi connectivity index (χ0v) is 10.1. The Kier molecular flexibility index (Phi) is 2.62. The highest BCUT2D eigenvalue weighted by Crippen LogP contribution is 2.43. The fraction of sp³-hybridized carbons (Fsp3) is 0.600. The van der Waals surface area contributed by atoms with Crippen molar-refractivity contribution in [3.63, 3.8) is 0 Å². The van der Waals surface area contributed by atoms with Crippen LogP contribution in [0.2, 0.25) is 0 Å². The van der Waals surface area contributed by atoms with E-state index in [1.807, 2.05) is 0 Å². The van der Waals surface area contributed by atoms with Gasteiger partial charge in [-0.3, -0.25) is 0 Å². The molecule has 1 atom stereocenters. The van der Waals surface area contributed by atoms with Gasteiger partial charge in [0.1, 0.15) is 0 Å². The maximum atomic E-state index is 3.62. The van der Waals surface area contributed by atoms with E-state index in [0.29, 0.717) is 0 Å². The number of benzene rings is 1. The molecule has 1 N–H and O–H groups in total. The van der Waals surface area contributed by atoms with E-state index in [2.05, 4.69) is 30.4 Å². The molecular formula is C15H21N. The van der Waals surface area contributed by atoms with Gasteiger partial charge < -0.3 is 5.32 Å². The molecule has 0 radical (unpaired) electrons. The van der Waals surface area contributed by atoms with E-state index < -0.39 is 0 Å². The lowest BCUT2D eigenvalue weighted by atomic mass is 9.77. The Labute approximate surface area is 98.3 Å². The predicted octanol–water partition coefficient (Wildman–Crippen LogP) is 4.08. The Morgan fingerprint density at radius 1 is 1.12 bits per heavy atom. The van der Waals surface area contributed by atoms with Crippen LogP contribution in [-0.4, -0.2) is 6.54 Å². The van der Waals surface area contributed by atoms with Crippen LogP contribution in [0.25, 0.3) is 0 Å². The van der Waals surface area contributed by atoms with Crippen LogP contribution in [0.4, 0.5) is 5.69 Å². The van der Waals surface area contributed by atoms with E-state index in [1.165, 1.54) is 49.9 Å². The molecule has 16 heavy (non-hydrogen) atoms. The van der Waals surface area contributed by atoms with E-state index in [0.717, 1.165) is 11.8 Å². The second-order valence-electron chi connectivity index (χ2n) is 5.42. The maximum absolute atomic E-state index is 3.62. The van der Waals surface area contributed by atoms with Crippen molar-refractivity contribution in [3.8, 4) is 0 Å². The summed E-state index contributed by atoms with van der Waals surface area (Å²) in [5.74, 6) is 1.72. The minimum atomic E-state index is 0.787. The van der Waals surface area contributed by atoms with Gasteiger partial charge in [0.15, 0.2) is 0 Å². The molecule has 86 valence electrons. The Morgan fingerprint density at radius 2 is 1.94 bits per heavy atom. The first-order valence-corrected chi connectivity index (χ1v) is 6.69. The minimum absolute atomic E-state index is 0.787. The van der Waals surface area contributed by atoms with E-state index in [9.17, 15) is 0 Å². The summed E-state index contributed by atoms with van der Waals surface area (Å²) in [7, 11) is 0. The first-order chi connectivity index (χ1) is 7.86. The highest BCUT2D eigenvalue weighted by Gasteiger charge is 2.30. The van der Waals surface area contributed by atoms with Gasteiger partial charge in [-0.15, -0.1) is 0 Å². The molecule has 1 aliphatic carbocycles. The Bertz CT molecular complexity index is 377. The molecule has 0 saturated heterocycles. The fourth-order valence-electron chi connectivity index (χ4n) is 3.52. The molecule has 0 spiro atoms. The molecular weight excluding hydrogens is 194 g/mol. The zero-order chi connectivity index (χ0) is 11.0. The molecule has 0 amide bonds. The van der Waals surface area contributed by atoms with Crippen LogP contribution >= 0.6 is 0 Å². The zero-order valence-electron chi connectivity index (χ0n) is 10.1. The van der Waals surface area contributed by atoms with E-state index >= 15 is 0 Å². The van der Waals surface area contributed by atoms with Crippen LogP contribution in [0.1, 0.15) is 49.1 Å². The van der Waals surface area contributed by atoms with Crippen LogP contribution in [0.15, 0.2) is 18.2 Å². The number of aryl methyl sites for hydroxylation is 1. The Morgan fingerprint density at radius 3 is 2.75 bits per heavy atom. The van der Waals surface area contributed by atoms with Crippen LogP contribution in [-0.2, 0) is 0 Å². The number of hydrogen-bond acceptors (Lipinski definition) is 1. The SMILES string of the molecule is Cc1cccc2c1NCC2C1CCCCC1. The lowest BCUT2D eigenvalue weighted by Gasteiger charge is -2.27. The van der Waals surface area contributed by atoms with Gasteiger partial charge in [0, 0.05) is 18.2 Å². The molecule has 1 aliphatic heterocycles. The molecule has 0 aromatic heterocycles. The van der Waals surface area contributed by atoms with Crippen molar-refractivity contribution in [2.75, 3.05) is 11.9 Å². The average Bonchev–Trinajstić information content (AvgIpc) is 2.75. The predicted molar refractivity (Wildman–Crippen MR) is 69.0 cm³/mol. The standard InChI is InChI=1S/C15H21N/c1-11-6-5-9-13-14(10-16-15(11)13)12-7-3-2-4-8-12/h5-6,9,12,14,16H,2-4,7-8,10H2,1H3. The largest absolute Gasteiger partial charge is 0.384 e. The summed E-state index contributed by atoms with van der Waals surface area (Å²) in [5, 5.41) is 3.62. The van der Waals surface area contributed by atoms with Gasteiger partial charge in [-0.2, -0.15) is 0 Å². The molecule has 1 nitrogen and oxygen atoms in total. The van der Waals surface area contributed by atoms with Crippen LogP contribution < -0.4 is 5.32 Å². The molecule has 2 aliphatic rings. The fourth-order valence-corrected chi connectivity index (χ4v) is 3.52. The van der Waals surface area contributed by atoms with Crippen molar-refractivity contribution >= 4 is 5.69 Å². The molecule has 3 rings (SSSR count). The third-order valence-electron chi connectivity index (χ3n) is 4.42. The normalized spacial score (nSPS) is 25.2. The van der Waals surface area contributed by atoms with Crippen molar-refractivity contribution in [1.29, 1.82) is 0 Å². The first kappa shape index (κ1) is 10.2. The number of nitrogens with one attached hydrogen (secondary N) is 1. The highest BCUT2D eigenvalue weighted by atomic mass is 14.9. The molecule has 1 fully saturated rings. The van der Waals surface area contributed by atoms with Crippen molar-refractivity contribution in [3.05, 3.63) is 29.3 Å². The van der Waals surface area contributed by atoms with Crippen molar-refractivity contribution in [2.45, 2.75) is 44.9 Å². The molecule has 1 aromatic carbocycles. The van der Waals surface area contributed by atoms with Gasteiger partial charge in [0.05, 0.1) is 0 Å². The van der Waals surface area contributed by atoms with Crippen LogP contribution in [0.3, 0.4) is 0 Å². The summed E-state index contributed by atoms with van der Waals surface area (Å²) >= 11 is 0. The Balaban J connectivity index is 1.87. The van der Waals surface area contributed by atoms with Crippen molar-refractivity contribution in [2.24, 2.45) is 5.92 Å². The highest BCUT2D eigenvalue weighted by molar-refractivity contribution is 5.62. The van der Waals surface area contributed by atoms with Gasteiger partial charge in [-0.25, -0.2) is 0 Å². The van der Waals surface area contributed by atoms with Gasteiger partial charge in [0.2, 0.25) is 0 Å². The summed E-state index contributed by atoms with van der Waals surface area (Å²) in [4.78, 5) is 0. The summed E-state index contributed by atoms with van der Waals surface area (Å²) in [6, 6.07) is 6.77. The molecule has 1 heteroatoms. The van der Waals surface area contributed by atoms with Crippen LogP contribution in [0.5, 0.6) is 0 Å². The Hall–Kier alpha value is -0.980. The number of fused-ring (bicyclic) bond motifs is 1. The van der Waals surface area contributed by atoms with Gasteiger partial charge in [-0.1, -0.05) is 37.5 Å². The van der Waals surface area contributed by atoms with Crippen molar-refractivity contribution < 1.29 is 0 Å². The third kappa shape index (κ3) is 1.63. The van der Waals surface area contributed by atoms with Gasteiger partial charge >= 0.3 is 0 Å². The second-order valence-corrected chi connectivity index (χ2v) is 5.42. The minimum Gasteiger partial charge on any atom is -0.384 e. The van der Waals surface area contributed by atoms with E-state index in [-0.39, 0.29) is 0 Å². The van der Waals surface area contributed by atoms with Crippen molar-refractivity contribution in [1.82, 2.24) is 0 Å². The molecule has 1 aromatic rings. The molecule has 0 bridgehead atoms. The van der Waals surface area contributed by atoms with Gasteiger partial charge in [0.25, 0.3) is 0 Å². The summed E-state index contributed by atoms with van der Waals surface area (Å²) in [6.45, 7) is 3.39. The van der Waals surface area contributed by atoms with Crippen LogP contribution in [0, 0.1) is 12.8 Å². The monoisotopic (exact) mass is 215 g/mol. The lowest BCUT2D eigenvalue weighted by molar-refractivity contribution is 0.316. The lowest BCUT2D eigenvalue weighted by Crippen LogP contribution is -2.17. The summed E-state index contributed by atoms with van der Waals surface area (Å²) in [6.07, 6.45) is 7.24. The number of hydrogen-bond donors (Lipinski definition) is 1. The van der Waals surface area contributed by atoms with E-state index in [1.54, 1.807) is 5.56 Å². The molecule has 1 heterocycles. The summed E-state index contributed by atoms with van der Waals surface area (Å²) < 4.78 is 0. The average molecular weight is 215 g/mol. The number of para-hydroxylation sites is 1. The first-order valence-electron chi connectivity index (χ1n) is 6.69. The molecule has 1 saturated carbocycles. The smallest absolute Gasteiger partial charge is 0.0406 e. The quantitative estimate of drug-likeness (QED) is 0.744. The number of anilines is 1. The number of rotatable bonds is 1.